The Balaban J connectivity index is 1.52. The molecular weight excluding hydrogens is 354 g/mol. The van der Waals surface area contributed by atoms with Crippen molar-refractivity contribution in [2.24, 2.45) is 0 Å². The SMILES string of the molecule is CCc1cn[nH]c1[C@@H]1CCCN(C(=O)c2cnn(-c3ccccc3OC)c2)C1. The van der Waals surface area contributed by atoms with Gasteiger partial charge < -0.3 is 9.64 Å². The van der Waals surface area contributed by atoms with Gasteiger partial charge in [-0.25, -0.2) is 4.68 Å². The zero-order chi connectivity index (χ0) is 19.5. The number of rotatable bonds is 5. The monoisotopic (exact) mass is 379 g/mol. The highest BCUT2D eigenvalue weighted by molar-refractivity contribution is 5.94. The number of aryl methyl sites for hydroxylation is 1. The highest BCUT2D eigenvalue weighted by Gasteiger charge is 2.28. The summed E-state index contributed by atoms with van der Waals surface area (Å²) in [5.41, 5.74) is 3.81. The van der Waals surface area contributed by atoms with E-state index in [9.17, 15) is 4.79 Å². The number of piperidine rings is 1. The zero-order valence-corrected chi connectivity index (χ0v) is 16.3. The summed E-state index contributed by atoms with van der Waals surface area (Å²) < 4.78 is 7.09. The second-order valence-electron chi connectivity index (χ2n) is 7.10. The van der Waals surface area contributed by atoms with Crippen molar-refractivity contribution in [3.05, 3.63) is 59.7 Å². The molecule has 3 aromatic rings. The minimum absolute atomic E-state index is 0.0170. The molecule has 0 unspecified atom stereocenters. The lowest BCUT2D eigenvalue weighted by Gasteiger charge is -2.32. The molecule has 1 fully saturated rings. The van der Waals surface area contributed by atoms with Crippen molar-refractivity contribution in [2.75, 3.05) is 20.2 Å². The number of aromatic nitrogens is 4. The van der Waals surface area contributed by atoms with Crippen molar-refractivity contribution < 1.29 is 9.53 Å². The van der Waals surface area contributed by atoms with Crippen LogP contribution in [0, 0.1) is 0 Å². The van der Waals surface area contributed by atoms with Gasteiger partial charge in [0.15, 0.2) is 0 Å². The average Bonchev–Trinajstić information content (AvgIpc) is 3.43. The first-order valence-corrected chi connectivity index (χ1v) is 9.70. The zero-order valence-electron chi connectivity index (χ0n) is 16.3. The molecule has 1 saturated heterocycles. The fourth-order valence-electron chi connectivity index (χ4n) is 3.92. The molecule has 1 amide bonds. The predicted molar refractivity (Wildman–Crippen MR) is 106 cm³/mol. The predicted octanol–water partition coefficient (Wildman–Crippen LogP) is 3.19. The Morgan fingerprint density at radius 3 is 3.00 bits per heavy atom. The summed E-state index contributed by atoms with van der Waals surface area (Å²) >= 11 is 0. The van der Waals surface area contributed by atoms with Crippen molar-refractivity contribution in [1.82, 2.24) is 24.9 Å². The summed E-state index contributed by atoms with van der Waals surface area (Å²) in [4.78, 5) is 15.0. The van der Waals surface area contributed by atoms with E-state index in [-0.39, 0.29) is 5.91 Å². The maximum Gasteiger partial charge on any atom is 0.257 e. The Hall–Kier alpha value is -3.09. The van der Waals surface area contributed by atoms with Gasteiger partial charge in [0.1, 0.15) is 11.4 Å². The number of ether oxygens (including phenoxy) is 1. The van der Waals surface area contributed by atoms with E-state index < -0.39 is 0 Å². The first kappa shape index (κ1) is 18.3. The van der Waals surface area contributed by atoms with Crippen LogP contribution in [0.2, 0.25) is 0 Å². The second kappa shape index (κ2) is 7.88. The lowest BCUT2D eigenvalue weighted by molar-refractivity contribution is 0.0705. The van der Waals surface area contributed by atoms with Gasteiger partial charge in [-0.15, -0.1) is 0 Å². The molecule has 1 aliphatic rings. The third kappa shape index (κ3) is 3.40. The number of benzene rings is 1. The summed E-state index contributed by atoms with van der Waals surface area (Å²) in [5.74, 6) is 1.04. The van der Waals surface area contributed by atoms with Crippen molar-refractivity contribution in [3.8, 4) is 11.4 Å². The normalized spacial score (nSPS) is 16.9. The molecule has 0 saturated carbocycles. The van der Waals surface area contributed by atoms with Crippen LogP contribution in [0.25, 0.3) is 5.69 Å². The summed E-state index contributed by atoms with van der Waals surface area (Å²) in [6.07, 6.45) is 8.30. The van der Waals surface area contributed by atoms with Crippen molar-refractivity contribution in [2.45, 2.75) is 32.1 Å². The molecule has 1 atom stereocenters. The van der Waals surface area contributed by atoms with E-state index in [1.165, 1.54) is 11.3 Å². The smallest absolute Gasteiger partial charge is 0.257 e. The number of nitrogens with zero attached hydrogens (tertiary/aromatic N) is 4. The molecule has 0 spiro atoms. The van der Waals surface area contributed by atoms with Gasteiger partial charge in [-0.05, 0) is 37.0 Å². The number of methoxy groups -OCH3 is 1. The number of nitrogens with one attached hydrogen (secondary N) is 1. The number of aromatic amines is 1. The number of likely N-dealkylation sites (tertiary alicyclic amines) is 1. The largest absolute Gasteiger partial charge is 0.494 e. The van der Waals surface area contributed by atoms with Crippen LogP contribution in [0.3, 0.4) is 0 Å². The molecule has 4 rings (SSSR count). The molecule has 0 bridgehead atoms. The number of amides is 1. The molecule has 1 N–H and O–H groups in total. The van der Waals surface area contributed by atoms with Crippen LogP contribution in [0.1, 0.15) is 47.3 Å². The van der Waals surface area contributed by atoms with Crippen molar-refractivity contribution >= 4 is 5.91 Å². The second-order valence-corrected chi connectivity index (χ2v) is 7.10. The maximum atomic E-state index is 13.1. The van der Waals surface area contributed by atoms with Gasteiger partial charge in [0.05, 0.1) is 25.1 Å². The average molecular weight is 379 g/mol. The summed E-state index contributed by atoms with van der Waals surface area (Å²) in [6.45, 7) is 3.60. The number of hydrogen-bond donors (Lipinski definition) is 1. The van der Waals surface area contributed by atoms with Crippen LogP contribution in [-0.2, 0) is 6.42 Å². The fourth-order valence-corrected chi connectivity index (χ4v) is 3.92. The van der Waals surface area contributed by atoms with Gasteiger partial charge in [-0.3, -0.25) is 9.89 Å². The number of carbonyl (C=O) groups excluding carboxylic acids is 1. The van der Waals surface area contributed by atoms with Gasteiger partial charge in [0.25, 0.3) is 5.91 Å². The number of hydrogen-bond acceptors (Lipinski definition) is 4. The van der Waals surface area contributed by atoms with E-state index in [2.05, 4.69) is 22.2 Å². The highest BCUT2D eigenvalue weighted by Crippen LogP contribution is 2.29. The van der Waals surface area contributed by atoms with E-state index in [1.807, 2.05) is 35.4 Å². The van der Waals surface area contributed by atoms with E-state index in [0.717, 1.165) is 31.5 Å². The number of carbonyl (C=O) groups is 1. The Kier molecular flexibility index (Phi) is 5.14. The Morgan fingerprint density at radius 2 is 2.18 bits per heavy atom. The molecular formula is C21H25N5O2. The molecule has 7 heteroatoms. The third-order valence-electron chi connectivity index (χ3n) is 5.41. The standard InChI is InChI=1S/C21H25N5O2/c1-3-15-11-22-24-20(15)16-7-6-10-25(13-16)21(27)17-12-23-26(14-17)18-8-4-5-9-19(18)28-2/h4-5,8-9,11-12,14,16H,3,6-7,10,13H2,1-2H3,(H,22,24)/t16-/m1/s1. The third-order valence-corrected chi connectivity index (χ3v) is 5.41. The molecule has 0 radical (unpaired) electrons. The molecule has 3 heterocycles. The van der Waals surface area contributed by atoms with E-state index >= 15 is 0 Å². The van der Waals surface area contributed by atoms with Crippen LogP contribution in [0.5, 0.6) is 5.75 Å². The Morgan fingerprint density at radius 1 is 1.32 bits per heavy atom. The summed E-state index contributed by atoms with van der Waals surface area (Å²) in [7, 11) is 1.63. The number of para-hydroxylation sites is 2. The van der Waals surface area contributed by atoms with Crippen molar-refractivity contribution in [1.29, 1.82) is 0 Å². The van der Waals surface area contributed by atoms with Gasteiger partial charge in [-0.1, -0.05) is 19.1 Å². The fraction of sp³-hybridized carbons (Fsp3) is 0.381. The Bertz CT molecular complexity index is 961. The maximum absolute atomic E-state index is 13.1. The molecule has 146 valence electrons. The Labute approximate surface area is 164 Å². The van der Waals surface area contributed by atoms with Gasteiger partial charge in [0.2, 0.25) is 0 Å². The van der Waals surface area contributed by atoms with Crippen LogP contribution < -0.4 is 4.74 Å². The summed E-state index contributed by atoms with van der Waals surface area (Å²) in [5, 5.41) is 11.7. The lowest BCUT2D eigenvalue weighted by atomic mass is 9.91. The van der Waals surface area contributed by atoms with Crippen molar-refractivity contribution in [3.63, 3.8) is 0 Å². The van der Waals surface area contributed by atoms with Crippen LogP contribution >= 0.6 is 0 Å². The molecule has 28 heavy (non-hydrogen) atoms. The van der Waals surface area contributed by atoms with Crippen LogP contribution in [0.4, 0.5) is 0 Å². The van der Waals surface area contributed by atoms with Crippen LogP contribution in [-0.4, -0.2) is 51.0 Å². The minimum Gasteiger partial charge on any atom is -0.494 e. The molecule has 7 nitrogen and oxygen atoms in total. The van der Waals surface area contributed by atoms with Gasteiger partial charge >= 0.3 is 0 Å². The van der Waals surface area contributed by atoms with Gasteiger partial charge in [-0.2, -0.15) is 10.2 Å². The van der Waals surface area contributed by atoms with Crippen LogP contribution in [0.15, 0.2) is 42.9 Å². The summed E-state index contributed by atoms with van der Waals surface area (Å²) in [6, 6.07) is 7.63. The lowest BCUT2D eigenvalue weighted by Crippen LogP contribution is -2.39. The van der Waals surface area contributed by atoms with E-state index in [0.29, 0.717) is 23.8 Å². The molecule has 2 aromatic heterocycles. The minimum atomic E-state index is 0.0170. The first-order valence-electron chi connectivity index (χ1n) is 9.70. The van der Waals surface area contributed by atoms with E-state index in [4.69, 9.17) is 4.74 Å². The topological polar surface area (TPSA) is 76.0 Å². The number of H-pyrrole nitrogens is 1. The molecule has 1 aliphatic heterocycles. The molecule has 1 aromatic carbocycles. The molecule has 0 aliphatic carbocycles. The van der Waals surface area contributed by atoms with E-state index in [1.54, 1.807) is 24.2 Å². The quantitative estimate of drug-likeness (QED) is 0.739. The highest BCUT2D eigenvalue weighted by atomic mass is 16.5. The van der Waals surface area contributed by atoms with Gasteiger partial charge in [0, 0.05) is 30.9 Å². The first-order chi connectivity index (χ1) is 13.7.